The molecule has 1 fully saturated rings. The number of piperidine rings is 1. The lowest BCUT2D eigenvalue weighted by molar-refractivity contribution is -0.150. The molecule has 1 rings (SSSR count). The summed E-state index contributed by atoms with van der Waals surface area (Å²) in [7, 11) is 1.35. The van der Waals surface area contributed by atoms with Crippen molar-refractivity contribution in [2.45, 2.75) is 12.8 Å². The van der Waals surface area contributed by atoms with E-state index in [1.54, 1.807) is 0 Å². The molecule has 1 aliphatic heterocycles. The van der Waals surface area contributed by atoms with Gasteiger partial charge in [-0.1, -0.05) is 0 Å². The van der Waals surface area contributed by atoms with Crippen LogP contribution in [0.25, 0.3) is 0 Å². The molecule has 0 radical (unpaired) electrons. The van der Waals surface area contributed by atoms with Gasteiger partial charge in [0.05, 0.1) is 13.0 Å². The molecule has 0 aliphatic carbocycles. The van der Waals surface area contributed by atoms with Crippen molar-refractivity contribution in [3.05, 3.63) is 0 Å². The fraction of sp³-hybridized carbons (Fsp3) is 0.857. The van der Waals surface area contributed by atoms with Gasteiger partial charge in [-0.25, -0.2) is 8.49 Å². The summed E-state index contributed by atoms with van der Waals surface area (Å²) in [6.45, 7) is 0.849. The molecule has 0 amide bonds. The van der Waals surface area contributed by atoms with E-state index in [1.807, 2.05) is 0 Å². The smallest absolute Gasteiger partial charge is 0.308 e. The first-order chi connectivity index (χ1) is 6.63. The van der Waals surface area contributed by atoms with Crippen LogP contribution < -0.4 is 0 Å². The van der Waals surface area contributed by atoms with E-state index in [2.05, 4.69) is 9.02 Å². The van der Waals surface area contributed by atoms with E-state index in [1.165, 1.54) is 12.2 Å². The van der Waals surface area contributed by atoms with Crippen LogP contribution in [0.4, 0.5) is 0 Å². The van der Waals surface area contributed by atoms with Gasteiger partial charge < -0.3 is 9.29 Å². The van der Waals surface area contributed by atoms with Crippen molar-refractivity contribution in [2.24, 2.45) is 5.92 Å². The molecule has 1 aliphatic rings. The predicted octanol–water partition coefficient (Wildman–Crippen LogP) is -0.403. The molecule has 0 aromatic rings. The molecular formula is C7H12NO5S-. The van der Waals surface area contributed by atoms with Crippen LogP contribution in [0.1, 0.15) is 12.8 Å². The van der Waals surface area contributed by atoms with Crippen LogP contribution in [0.3, 0.4) is 0 Å². The number of methoxy groups -OCH3 is 1. The van der Waals surface area contributed by atoms with Crippen LogP contribution in [-0.2, 0) is 25.2 Å². The first-order valence-corrected chi connectivity index (χ1v) is 5.24. The molecule has 0 aromatic carbocycles. The molecular weight excluding hydrogens is 210 g/mol. The summed E-state index contributed by atoms with van der Waals surface area (Å²) in [6, 6.07) is 0. The van der Waals surface area contributed by atoms with Gasteiger partial charge in [-0.2, -0.15) is 5.06 Å². The number of hydroxylamine groups is 2. The Bertz CT molecular complexity index is 226. The van der Waals surface area contributed by atoms with E-state index < -0.39 is 11.4 Å². The second-order valence-electron chi connectivity index (χ2n) is 3.01. The van der Waals surface area contributed by atoms with Crippen molar-refractivity contribution in [3.63, 3.8) is 0 Å². The van der Waals surface area contributed by atoms with Crippen molar-refractivity contribution < 1.29 is 22.6 Å². The highest BCUT2D eigenvalue weighted by molar-refractivity contribution is 7.74. The van der Waals surface area contributed by atoms with E-state index in [9.17, 15) is 13.6 Å². The summed E-state index contributed by atoms with van der Waals surface area (Å²) in [4.78, 5) is 11.1. The van der Waals surface area contributed by atoms with Crippen LogP contribution in [0, 0.1) is 5.92 Å². The Labute approximate surface area is 84.6 Å². The van der Waals surface area contributed by atoms with Gasteiger partial charge in [0.2, 0.25) is 0 Å². The number of nitrogens with zero attached hydrogens (tertiary/aromatic N) is 1. The first kappa shape index (κ1) is 11.6. The van der Waals surface area contributed by atoms with Crippen molar-refractivity contribution in [3.8, 4) is 0 Å². The number of hydrogen-bond acceptors (Lipinski definition) is 6. The standard InChI is InChI=1S/C7H13NO5S/c1-12-7(9)6-2-4-8(5-3-6)13-14(10)11/h6H,2-5H2,1H3,(H,10,11)/p-1. The molecule has 0 saturated carbocycles. The maximum absolute atomic E-state index is 11.1. The number of ether oxygens (including phenoxy) is 1. The zero-order valence-corrected chi connectivity index (χ0v) is 8.62. The second kappa shape index (κ2) is 5.40. The summed E-state index contributed by atoms with van der Waals surface area (Å²) in [5, 5.41) is 1.32. The maximum Gasteiger partial charge on any atom is 0.308 e. The fourth-order valence-electron chi connectivity index (χ4n) is 1.42. The SMILES string of the molecule is COC(=O)C1CCN(OS(=O)[O-])CC1. The Hall–Kier alpha value is -0.500. The van der Waals surface area contributed by atoms with E-state index in [0.29, 0.717) is 25.9 Å². The predicted molar refractivity (Wildman–Crippen MR) is 46.3 cm³/mol. The van der Waals surface area contributed by atoms with Crippen molar-refractivity contribution in [2.75, 3.05) is 20.2 Å². The highest BCUT2D eigenvalue weighted by Gasteiger charge is 2.26. The molecule has 6 nitrogen and oxygen atoms in total. The summed E-state index contributed by atoms with van der Waals surface area (Å²) in [5.41, 5.74) is 0. The minimum atomic E-state index is -2.53. The van der Waals surface area contributed by atoms with Crippen molar-refractivity contribution >= 4 is 17.3 Å². The second-order valence-corrected chi connectivity index (χ2v) is 3.56. The molecule has 1 atom stereocenters. The summed E-state index contributed by atoms with van der Waals surface area (Å²) in [5.74, 6) is -0.382. The monoisotopic (exact) mass is 222 g/mol. The molecule has 1 saturated heterocycles. The van der Waals surface area contributed by atoms with Gasteiger partial charge in [0.25, 0.3) is 0 Å². The lowest BCUT2D eigenvalue weighted by Gasteiger charge is -2.29. The molecule has 14 heavy (non-hydrogen) atoms. The summed E-state index contributed by atoms with van der Waals surface area (Å²) >= 11 is -2.53. The number of esters is 1. The molecule has 0 spiro atoms. The first-order valence-electron chi connectivity index (χ1n) is 4.24. The van der Waals surface area contributed by atoms with E-state index in [4.69, 9.17) is 0 Å². The highest BCUT2D eigenvalue weighted by Crippen LogP contribution is 2.18. The highest BCUT2D eigenvalue weighted by atomic mass is 32.2. The molecule has 82 valence electrons. The van der Waals surface area contributed by atoms with Gasteiger partial charge in [-0.3, -0.25) is 4.79 Å². The third kappa shape index (κ3) is 3.33. The Balaban J connectivity index is 2.31. The van der Waals surface area contributed by atoms with E-state index in [-0.39, 0.29) is 11.9 Å². The molecule has 0 N–H and O–H groups in total. The fourth-order valence-corrected chi connectivity index (χ4v) is 1.74. The summed E-state index contributed by atoms with van der Waals surface area (Å²) in [6.07, 6.45) is 1.12. The zero-order chi connectivity index (χ0) is 10.6. The van der Waals surface area contributed by atoms with Crippen LogP contribution in [0.15, 0.2) is 0 Å². The average Bonchev–Trinajstić information content (AvgIpc) is 2.17. The molecule has 0 aromatic heterocycles. The zero-order valence-electron chi connectivity index (χ0n) is 7.80. The van der Waals surface area contributed by atoms with E-state index >= 15 is 0 Å². The Kier molecular flexibility index (Phi) is 4.46. The van der Waals surface area contributed by atoms with Crippen LogP contribution >= 0.6 is 0 Å². The van der Waals surface area contributed by atoms with Crippen LogP contribution in [0.5, 0.6) is 0 Å². The quantitative estimate of drug-likeness (QED) is 0.477. The normalized spacial score (nSPS) is 21.9. The van der Waals surface area contributed by atoms with Gasteiger partial charge >= 0.3 is 5.97 Å². The van der Waals surface area contributed by atoms with Crippen LogP contribution in [-0.4, -0.2) is 40.0 Å². The molecule has 7 heteroatoms. The maximum atomic E-state index is 11.1. The molecule has 0 bridgehead atoms. The van der Waals surface area contributed by atoms with Gasteiger partial charge in [0.1, 0.15) is 11.4 Å². The minimum absolute atomic E-state index is 0.139. The molecule has 1 heterocycles. The van der Waals surface area contributed by atoms with Crippen LogP contribution in [0.2, 0.25) is 0 Å². The minimum Gasteiger partial charge on any atom is -0.748 e. The number of carbonyl (C=O) groups is 1. The Morgan fingerprint density at radius 3 is 2.50 bits per heavy atom. The number of carbonyl (C=O) groups excluding carboxylic acids is 1. The van der Waals surface area contributed by atoms with Crippen molar-refractivity contribution in [1.29, 1.82) is 0 Å². The van der Waals surface area contributed by atoms with E-state index in [0.717, 1.165) is 0 Å². The number of rotatable bonds is 3. The van der Waals surface area contributed by atoms with Gasteiger partial charge in [0, 0.05) is 13.1 Å². The third-order valence-electron chi connectivity index (χ3n) is 2.15. The lowest BCUT2D eigenvalue weighted by Crippen LogP contribution is -2.37. The lowest BCUT2D eigenvalue weighted by atomic mass is 9.98. The topological polar surface area (TPSA) is 78.9 Å². The third-order valence-corrected chi connectivity index (χ3v) is 2.49. The largest absolute Gasteiger partial charge is 0.748 e. The van der Waals surface area contributed by atoms with Crippen molar-refractivity contribution in [1.82, 2.24) is 5.06 Å². The molecule has 1 unspecified atom stereocenters. The summed E-state index contributed by atoms with van der Waals surface area (Å²) < 4.78 is 29.4. The average molecular weight is 222 g/mol. The van der Waals surface area contributed by atoms with Gasteiger partial charge in [0.15, 0.2) is 0 Å². The van der Waals surface area contributed by atoms with Gasteiger partial charge in [-0.15, -0.1) is 0 Å². The Morgan fingerprint density at radius 1 is 1.50 bits per heavy atom. The number of hydrogen-bond donors (Lipinski definition) is 0. The van der Waals surface area contributed by atoms with Gasteiger partial charge in [-0.05, 0) is 12.8 Å². The Morgan fingerprint density at radius 2 is 2.07 bits per heavy atom.